The molecule has 1 fully saturated rings. The fraction of sp³-hybridized carbons (Fsp3) is 0.367. The van der Waals surface area contributed by atoms with Gasteiger partial charge in [0.2, 0.25) is 0 Å². The van der Waals surface area contributed by atoms with Crippen LogP contribution in [-0.2, 0) is 12.1 Å². The Labute approximate surface area is 217 Å². The summed E-state index contributed by atoms with van der Waals surface area (Å²) in [5.41, 5.74) is 12.1. The van der Waals surface area contributed by atoms with Gasteiger partial charge in [-0.3, -0.25) is 15.1 Å². The fourth-order valence-electron chi connectivity index (χ4n) is 6.46. The summed E-state index contributed by atoms with van der Waals surface area (Å²) in [6.45, 7) is 8.83. The SMILES string of the molecule is Cc1c2ccnc1C2(NCc1cn(C(C)C)c2ccccc2c1=O)[C@H]1CCCN(c2ccc(N)nc2)C1. The van der Waals surface area contributed by atoms with E-state index in [9.17, 15) is 4.79 Å². The zero-order valence-electron chi connectivity index (χ0n) is 21.7. The number of fused-ring (bicyclic) bond motifs is 3. The Morgan fingerprint density at radius 1 is 1.16 bits per heavy atom. The van der Waals surface area contributed by atoms with Crippen LogP contribution in [0.15, 0.2) is 65.8 Å². The van der Waals surface area contributed by atoms with Gasteiger partial charge >= 0.3 is 0 Å². The molecule has 6 rings (SSSR count). The topological polar surface area (TPSA) is 89.1 Å². The number of aromatic nitrogens is 3. The third-order valence-electron chi connectivity index (χ3n) is 8.30. The lowest BCUT2D eigenvalue weighted by atomic mass is 9.62. The number of anilines is 2. The molecule has 190 valence electrons. The van der Waals surface area contributed by atoms with Crippen LogP contribution < -0.4 is 21.4 Å². The smallest absolute Gasteiger partial charge is 0.193 e. The van der Waals surface area contributed by atoms with Crippen LogP contribution in [0.4, 0.5) is 11.5 Å². The van der Waals surface area contributed by atoms with Crippen molar-refractivity contribution in [1.29, 1.82) is 0 Å². The van der Waals surface area contributed by atoms with Gasteiger partial charge in [-0.15, -0.1) is 0 Å². The molecule has 1 aromatic carbocycles. The first kappa shape index (κ1) is 23.7. The number of nitrogen functional groups attached to an aromatic ring is 1. The lowest BCUT2D eigenvalue weighted by molar-refractivity contribution is 0.197. The largest absolute Gasteiger partial charge is 0.384 e. The number of rotatable bonds is 6. The summed E-state index contributed by atoms with van der Waals surface area (Å²) < 4.78 is 2.21. The van der Waals surface area contributed by atoms with Crippen LogP contribution in [0.2, 0.25) is 0 Å². The molecule has 2 atom stereocenters. The number of pyridine rings is 3. The second kappa shape index (κ2) is 8.99. The summed E-state index contributed by atoms with van der Waals surface area (Å²) in [5, 5.41) is 4.66. The molecule has 4 aromatic rings. The van der Waals surface area contributed by atoms with Crippen molar-refractivity contribution in [2.45, 2.75) is 51.7 Å². The minimum absolute atomic E-state index is 0.0982. The molecule has 2 aliphatic rings. The number of para-hydroxylation sites is 1. The van der Waals surface area contributed by atoms with Crippen LogP contribution in [0, 0.1) is 12.8 Å². The monoisotopic (exact) mass is 494 g/mol. The minimum atomic E-state index is -0.362. The van der Waals surface area contributed by atoms with E-state index < -0.39 is 0 Å². The Hall–Kier alpha value is -3.71. The number of hydrogen-bond acceptors (Lipinski definition) is 6. The normalized spacial score (nSPS) is 20.9. The van der Waals surface area contributed by atoms with Gasteiger partial charge in [-0.1, -0.05) is 12.1 Å². The molecular formula is C30H34N6O. The molecule has 37 heavy (non-hydrogen) atoms. The quantitative estimate of drug-likeness (QED) is 0.410. The number of aryl methyl sites for hydroxylation is 1. The molecule has 1 aliphatic heterocycles. The van der Waals surface area contributed by atoms with Crippen LogP contribution in [-0.4, -0.2) is 27.6 Å². The Kier molecular flexibility index (Phi) is 5.75. The number of nitrogens with one attached hydrogen (secondary N) is 1. The molecule has 0 amide bonds. The predicted octanol–water partition coefficient (Wildman–Crippen LogP) is 4.53. The second-order valence-corrected chi connectivity index (χ2v) is 10.7. The maximum atomic E-state index is 13.5. The van der Waals surface area contributed by atoms with Crippen molar-refractivity contribution in [3.05, 3.63) is 93.7 Å². The average molecular weight is 495 g/mol. The fourth-order valence-corrected chi connectivity index (χ4v) is 6.46. The molecule has 7 nitrogen and oxygen atoms in total. The van der Waals surface area contributed by atoms with E-state index in [2.05, 4.69) is 52.7 Å². The highest BCUT2D eigenvalue weighted by Crippen LogP contribution is 2.50. The lowest BCUT2D eigenvalue weighted by Gasteiger charge is -2.52. The summed E-state index contributed by atoms with van der Waals surface area (Å²) in [5.74, 6) is 0.848. The molecule has 0 saturated carbocycles. The Bertz CT molecular complexity index is 1500. The predicted molar refractivity (Wildman–Crippen MR) is 149 cm³/mol. The molecule has 1 unspecified atom stereocenters. The Morgan fingerprint density at radius 2 is 2.00 bits per heavy atom. The minimum Gasteiger partial charge on any atom is -0.384 e. The van der Waals surface area contributed by atoms with Gasteiger partial charge in [0.1, 0.15) is 5.82 Å². The third-order valence-corrected chi connectivity index (χ3v) is 8.30. The van der Waals surface area contributed by atoms with E-state index in [1.165, 1.54) is 11.1 Å². The maximum Gasteiger partial charge on any atom is 0.193 e. The van der Waals surface area contributed by atoms with Crippen LogP contribution in [0.1, 0.15) is 55.1 Å². The second-order valence-electron chi connectivity index (χ2n) is 10.7. The van der Waals surface area contributed by atoms with Gasteiger partial charge in [0.25, 0.3) is 0 Å². The summed E-state index contributed by atoms with van der Waals surface area (Å²) in [6.07, 6.45) is 7.98. The highest BCUT2D eigenvalue weighted by atomic mass is 16.1. The van der Waals surface area contributed by atoms with Crippen molar-refractivity contribution in [2.75, 3.05) is 23.7 Å². The van der Waals surface area contributed by atoms with E-state index >= 15 is 0 Å². The van der Waals surface area contributed by atoms with Gasteiger partial charge < -0.3 is 15.2 Å². The molecule has 0 spiro atoms. The van der Waals surface area contributed by atoms with E-state index in [1.807, 2.05) is 48.9 Å². The summed E-state index contributed by atoms with van der Waals surface area (Å²) in [4.78, 5) is 25.1. The highest BCUT2D eigenvalue weighted by molar-refractivity contribution is 5.79. The molecular weight excluding hydrogens is 460 g/mol. The van der Waals surface area contributed by atoms with Crippen molar-refractivity contribution in [2.24, 2.45) is 5.92 Å². The Balaban J connectivity index is 1.35. The van der Waals surface area contributed by atoms with Gasteiger partial charge in [0, 0.05) is 54.9 Å². The number of benzene rings is 1. The van der Waals surface area contributed by atoms with Crippen molar-refractivity contribution in [3.63, 3.8) is 0 Å². The third kappa shape index (κ3) is 3.72. The summed E-state index contributed by atoms with van der Waals surface area (Å²) in [7, 11) is 0. The van der Waals surface area contributed by atoms with Crippen LogP contribution in [0.3, 0.4) is 0 Å². The van der Waals surface area contributed by atoms with E-state index in [-0.39, 0.29) is 17.0 Å². The molecule has 3 aromatic heterocycles. The average Bonchev–Trinajstić information content (AvgIpc) is 2.93. The zero-order chi connectivity index (χ0) is 25.7. The van der Waals surface area contributed by atoms with Crippen molar-refractivity contribution >= 4 is 22.4 Å². The molecule has 2 bridgehead atoms. The standard InChI is InChI=1S/C30H34N6O/c1-19(2)36-17-21(28(37)24-8-4-5-9-26(24)36)15-34-30(25-12-13-32-29(30)20(25)3)22-7-6-14-35(18-22)23-10-11-27(31)33-16-23/h4-5,8-13,16-17,19,22,34H,6-7,14-15,18H2,1-3H3,(H2,31,33)/t22-,30?/m0/s1. The molecule has 1 saturated heterocycles. The number of nitrogens with zero attached hydrogens (tertiary/aromatic N) is 4. The van der Waals surface area contributed by atoms with Gasteiger partial charge in [0.15, 0.2) is 5.43 Å². The van der Waals surface area contributed by atoms with Gasteiger partial charge in [-0.25, -0.2) is 4.98 Å². The molecule has 4 heterocycles. The number of nitrogens with two attached hydrogens (primary N) is 1. The van der Waals surface area contributed by atoms with Crippen molar-refractivity contribution < 1.29 is 0 Å². The molecule has 0 radical (unpaired) electrons. The lowest BCUT2D eigenvalue weighted by Crippen LogP contribution is -2.59. The van der Waals surface area contributed by atoms with Gasteiger partial charge in [0.05, 0.1) is 28.6 Å². The molecule has 3 N–H and O–H groups in total. The van der Waals surface area contributed by atoms with E-state index in [1.54, 1.807) is 0 Å². The van der Waals surface area contributed by atoms with Gasteiger partial charge in [-0.2, -0.15) is 0 Å². The van der Waals surface area contributed by atoms with Gasteiger partial charge in [-0.05, 0) is 75.1 Å². The first-order valence-electron chi connectivity index (χ1n) is 13.2. The highest BCUT2D eigenvalue weighted by Gasteiger charge is 2.52. The molecule has 7 heteroatoms. The van der Waals surface area contributed by atoms with E-state index in [4.69, 9.17) is 10.7 Å². The summed E-state index contributed by atoms with van der Waals surface area (Å²) >= 11 is 0. The van der Waals surface area contributed by atoms with Crippen molar-refractivity contribution in [1.82, 2.24) is 19.9 Å². The van der Waals surface area contributed by atoms with E-state index in [0.29, 0.717) is 18.3 Å². The van der Waals surface area contributed by atoms with Crippen LogP contribution >= 0.6 is 0 Å². The first-order valence-corrected chi connectivity index (χ1v) is 13.2. The maximum absolute atomic E-state index is 13.5. The molecule has 1 aliphatic carbocycles. The zero-order valence-corrected chi connectivity index (χ0v) is 21.7. The van der Waals surface area contributed by atoms with Crippen LogP contribution in [0.25, 0.3) is 10.9 Å². The first-order chi connectivity index (χ1) is 17.9. The summed E-state index contributed by atoms with van der Waals surface area (Å²) in [6, 6.07) is 14.2. The van der Waals surface area contributed by atoms with Crippen LogP contribution in [0.5, 0.6) is 0 Å². The Morgan fingerprint density at radius 3 is 2.70 bits per heavy atom. The number of hydrogen-bond donors (Lipinski definition) is 2. The number of piperidine rings is 1. The van der Waals surface area contributed by atoms with Crippen molar-refractivity contribution in [3.8, 4) is 0 Å². The van der Waals surface area contributed by atoms with E-state index in [0.717, 1.165) is 53.8 Å².